The molecule has 27 heavy (non-hydrogen) atoms. The third-order valence-corrected chi connectivity index (χ3v) is 4.84. The molecule has 0 saturated carbocycles. The van der Waals surface area contributed by atoms with Crippen molar-refractivity contribution in [1.29, 1.82) is 0 Å². The quantitative estimate of drug-likeness (QED) is 0.391. The minimum atomic E-state index is -4.86. The van der Waals surface area contributed by atoms with Gasteiger partial charge in [-0.2, -0.15) is 13.2 Å². The summed E-state index contributed by atoms with van der Waals surface area (Å²) in [5, 5.41) is 9.96. The van der Waals surface area contributed by atoms with Crippen LogP contribution < -0.4 is 4.74 Å². The van der Waals surface area contributed by atoms with E-state index in [2.05, 4.69) is 6.58 Å². The summed E-state index contributed by atoms with van der Waals surface area (Å²) in [7, 11) is 0. The Morgan fingerprint density at radius 3 is 2.19 bits per heavy atom. The minimum Gasteiger partial charge on any atom is -0.423 e. The summed E-state index contributed by atoms with van der Waals surface area (Å²) in [4.78, 5) is 11.9. The summed E-state index contributed by atoms with van der Waals surface area (Å²) in [6.07, 6.45) is -5.79. The Balaban J connectivity index is 3.36. The summed E-state index contributed by atoms with van der Waals surface area (Å²) in [5.41, 5.74) is -3.58. The Hall–Kier alpha value is -1.86. The molecule has 0 fully saturated rings. The second kappa shape index (κ2) is 8.44. The number of carbonyl (C=O) groups excluding carboxylic acids is 1. The number of ether oxygens (including phenoxy) is 2. The van der Waals surface area contributed by atoms with Crippen LogP contribution >= 0.6 is 0 Å². The van der Waals surface area contributed by atoms with Gasteiger partial charge in [-0.25, -0.2) is 4.79 Å². The molecule has 0 radical (unpaired) electrons. The van der Waals surface area contributed by atoms with Crippen molar-refractivity contribution in [2.45, 2.75) is 70.9 Å². The van der Waals surface area contributed by atoms with Gasteiger partial charge < -0.3 is 14.6 Å². The molecular weight excluding hydrogens is 361 g/mol. The number of aliphatic hydroxyl groups is 1. The normalized spacial score (nSPS) is 15.7. The summed E-state index contributed by atoms with van der Waals surface area (Å²) < 4.78 is 50.8. The first-order valence-electron chi connectivity index (χ1n) is 8.76. The lowest BCUT2D eigenvalue weighted by atomic mass is 9.86. The van der Waals surface area contributed by atoms with Crippen molar-refractivity contribution < 1.29 is 32.5 Å². The Labute approximate surface area is 158 Å². The molecule has 1 aromatic rings. The van der Waals surface area contributed by atoms with Gasteiger partial charge in [0, 0.05) is 11.1 Å². The minimum absolute atomic E-state index is 0.188. The summed E-state index contributed by atoms with van der Waals surface area (Å²) in [6.45, 7) is 10.4. The van der Waals surface area contributed by atoms with Gasteiger partial charge >= 0.3 is 12.1 Å². The molecule has 4 nitrogen and oxygen atoms in total. The zero-order valence-electron chi connectivity index (χ0n) is 16.3. The fourth-order valence-electron chi connectivity index (χ4n) is 2.66. The van der Waals surface area contributed by atoms with Crippen molar-refractivity contribution in [2.75, 3.05) is 0 Å². The molecular formula is C20H27F3O4. The van der Waals surface area contributed by atoms with E-state index in [4.69, 9.17) is 9.47 Å². The van der Waals surface area contributed by atoms with E-state index in [9.17, 15) is 23.1 Å². The van der Waals surface area contributed by atoms with Crippen LogP contribution in [0.5, 0.6) is 5.75 Å². The molecule has 2 unspecified atom stereocenters. The number of carbonyl (C=O) groups is 1. The summed E-state index contributed by atoms with van der Waals surface area (Å²) in [5.74, 6) is -0.452. The van der Waals surface area contributed by atoms with Gasteiger partial charge in [-0.05, 0) is 39.7 Å². The first kappa shape index (κ1) is 23.2. The maximum Gasteiger partial charge on any atom is 0.419 e. The number of rotatable bonds is 8. The highest BCUT2D eigenvalue weighted by molar-refractivity contribution is 5.89. The van der Waals surface area contributed by atoms with E-state index in [1.165, 1.54) is 13.8 Å². The van der Waals surface area contributed by atoms with Gasteiger partial charge in [0.2, 0.25) is 0 Å². The van der Waals surface area contributed by atoms with Crippen LogP contribution in [0.3, 0.4) is 0 Å². The van der Waals surface area contributed by atoms with E-state index in [0.717, 1.165) is 0 Å². The molecule has 0 heterocycles. The van der Waals surface area contributed by atoms with Gasteiger partial charge in [-0.3, -0.25) is 0 Å². The lowest BCUT2D eigenvalue weighted by Crippen LogP contribution is -2.54. The largest absolute Gasteiger partial charge is 0.423 e. The lowest BCUT2D eigenvalue weighted by molar-refractivity contribution is -0.301. The van der Waals surface area contributed by atoms with E-state index < -0.39 is 29.5 Å². The van der Waals surface area contributed by atoms with Gasteiger partial charge in [-0.15, -0.1) is 0 Å². The fraction of sp³-hybridized carbons (Fsp3) is 0.550. The predicted molar refractivity (Wildman–Crippen MR) is 96.4 cm³/mol. The summed E-state index contributed by atoms with van der Waals surface area (Å²) >= 11 is 0. The van der Waals surface area contributed by atoms with E-state index >= 15 is 0 Å². The monoisotopic (exact) mass is 388 g/mol. The molecule has 1 aromatic carbocycles. The molecule has 2 atom stereocenters. The number of halogens is 3. The molecule has 1 rings (SSSR count). The van der Waals surface area contributed by atoms with Crippen molar-refractivity contribution in [1.82, 2.24) is 0 Å². The van der Waals surface area contributed by atoms with Gasteiger partial charge in [0.15, 0.2) is 5.60 Å². The number of hydrogen-bond acceptors (Lipinski definition) is 4. The topological polar surface area (TPSA) is 55.8 Å². The maximum absolute atomic E-state index is 13.2. The fourth-order valence-corrected chi connectivity index (χ4v) is 2.66. The number of benzene rings is 1. The molecule has 0 spiro atoms. The zero-order valence-corrected chi connectivity index (χ0v) is 16.3. The Morgan fingerprint density at radius 2 is 1.74 bits per heavy atom. The van der Waals surface area contributed by atoms with Crippen LogP contribution in [0.4, 0.5) is 13.2 Å². The van der Waals surface area contributed by atoms with Crippen molar-refractivity contribution in [3.8, 4) is 5.75 Å². The van der Waals surface area contributed by atoms with E-state index in [-0.39, 0.29) is 11.3 Å². The average Bonchev–Trinajstić information content (AvgIpc) is 2.59. The van der Waals surface area contributed by atoms with E-state index in [1.54, 1.807) is 38.1 Å². The van der Waals surface area contributed by atoms with Gasteiger partial charge in [0.25, 0.3) is 0 Å². The molecule has 1 N–H and O–H groups in total. The van der Waals surface area contributed by atoms with Crippen molar-refractivity contribution in [3.05, 3.63) is 42.0 Å². The van der Waals surface area contributed by atoms with E-state index in [1.807, 2.05) is 0 Å². The van der Waals surface area contributed by atoms with Crippen LogP contribution in [0, 0.1) is 0 Å². The van der Waals surface area contributed by atoms with Crippen LogP contribution in [0.2, 0.25) is 0 Å². The third kappa shape index (κ3) is 4.90. The molecule has 152 valence electrons. The number of hydrogen-bond donors (Lipinski definition) is 1. The Kier molecular flexibility index (Phi) is 7.24. The molecule has 0 aromatic heterocycles. The highest BCUT2D eigenvalue weighted by atomic mass is 19.4. The molecule has 0 aliphatic rings. The van der Waals surface area contributed by atoms with E-state index in [0.29, 0.717) is 25.3 Å². The second-order valence-corrected chi connectivity index (χ2v) is 6.77. The molecule has 7 heteroatoms. The van der Waals surface area contributed by atoms with Crippen LogP contribution in [-0.2, 0) is 15.1 Å². The molecule has 0 amide bonds. The number of para-hydroxylation sites is 1. The first-order chi connectivity index (χ1) is 12.3. The van der Waals surface area contributed by atoms with Gasteiger partial charge in [0.05, 0.1) is 11.7 Å². The zero-order chi connectivity index (χ0) is 21.0. The molecule has 0 bridgehead atoms. The Morgan fingerprint density at radius 1 is 1.22 bits per heavy atom. The SMILES string of the molecule is C=C(C)C(=O)Oc1ccccc1C(CC)(CC)OC(C)C(C)(O)C(F)(F)F. The van der Waals surface area contributed by atoms with Crippen molar-refractivity contribution in [2.24, 2.45) is 0 Å². The van der Waals surface area contributed by atoms with Crippen LogP contribution in [0.25, 0.3) is 0 Å². The highest BCUT2D eigenvalue weighted by Crippen LogP contribution is 2.43. The lowest BCUT2D eigenvalue weighted by Gasteiger charge is -2.41. The highest BCUT2D eigenvalue weighted by Gasteiger charge is 2.55. The van der Waals surface area contributed by atoms with Gasteiger partial charge in [-0.1, -0.05) is 38.6 Å². The molecule has 0 saturated heterocycles. The van der Waals surface area contributed by atoms with Crippen LogP contribution in [0.1, 0.15) is 53.0 Å². The van der Waals surface area contributed by atoms with Gasteiger partial charge in [0.1, 0.15) is 5.75 Å². The van der Waals surface area contributed by atoms with Crippen molar-refractivity contribution in [3.63, 3.8) is 0 Å². The maximum atomic E-state index is 13.2. The number of alkyl halides is 3. The third-order valence-electron chi connectivity index (χ3n) is 4.84. The summed E-state index contributed by atoms with van der Waals surface area (Å²) in [6, 6.07) is 6.52. The molecule has 0 aliphatic heterocycles. The van der Waals surface area contributed by atoms with Crippen LogP contribution in [0.15, 0.2) is 36.4 Å². The number of esters is 1. The van der Waals surface area contributed by atoms with Crippen LogP contribution in [-0.4, -0.2) is 29.0 Å². The Bertz CT molecular complexity index is 676. The molecule has 0 aliphatic carbocycles. The predicted octanol–water partition coefficient (Wildman–Crippen LogP) is 4.90. The first-order valence-corrected chi connectivity index (χ1v) is 8.76. The van der Waals surface area contributed by atoms with Crippen molar-refractivity contribution >= 4 is 5.97 Å². The average molecular weight is 388 g/mol. The second-order valence-electron chi connectivity index (χ2n) is 6.77. The standard InChI is InChI=1S/C20H27F3O4/c1-7-19(8-2,27-14(5)18(6,25)20(21,22)23)15-11-9-10-12-16(15)26-17(24)13(3)4/h9-12,14,25H,3,7-8H2,1-2,4-6H3. The smallest absolute Gasteiger partial charge is 0.419 e.